The second-order valence-electron chi connectivity index (χ2n) is 7.31. The summed E-state index contributed by atoms with van der Waals surface area (Å²) in [4.78, 5) is 2.68. The van der Waals surface area contributed by atoms with Gasteiger partial charge in [-0.25, -0.2) is 0 Å². The number of nitrogens with zero attached hydrogens (tertiary/aromatic N) is 1. The molecule has 28 heavy (non-hydrogen) atoms. The van der Waals surface area contributed by atoms with Crippen LogP contribution in [0.5, 0.6) is 5.75 Å². The van der Waals surface area contributed by atoms with Crippen LogP contribution >= 0.6 is 24.8 Å². The number of nitrogens with one attached hydrogen (secondary N) is 1. The van der Waals surface area contributed by atoms with Crippen LogP contribution in [0.3, 0.4) is 0 Å². The van der Waals surface area contributed by atoms with Crippen molar-refractivity contribution in [3.8, 4) is 5.75 Å². The first-order valence-electron chi connectivity index (χ1n) is 10.1. The lowest BCUT2D eigenvalue weighted by Crippen LogP contribution is -2.47. The Morgan fingerprint density at radius 2 is 1.79 bits per heavy atom. The summed E-state index contributed by atoms with van der Waals surface area (Å²) in [5.74, 6) is 1.67. The van der Waals surface area contributed by atoms with E-state index in [1.165, 1.54) is 16.3 Å². The summed E-state index contributed by atoms with van der Waals surface area (Å²) in [6.07, 6.45) is 2.26. The SMILES string of the molecule is CCOc1ccc2ccccc2c1[C@@H](C1CCOCC1)N1CCNCC1.Cl.Cl. The van der Waals surface area contributed by atoms with Gasteiger partial charge < -0.3 is 14.8 Å². The Morgan fingerprint density at radius 1 is 1.07 bits per heavy atom. The standard InChI is InChI=1S/C22H30N2O2.2ClH/c1-2-26-20-8-7-17-5-3-4-6-19(17)21(20)22(18-9-15-25-16-10-18)24-13-11-23-12-14-24;;/h3-8,18,22-23H,2,9-16H2,1H3;2*1H/t22-;;/m1../s1. The highest BCUT2D eigenvalue weighted by Crippen LogP contribution is 2.43. The Labute approximate surface area is 180 Å². The van der Waals surface area contributed by atoms with Crippen molar-refractivity contribution in [3.05, 3.63) is 42.0 Å². The van der Waals surface area contributed by atoms with Gasteiger partial charge >= 0.3 is 0 Å². The number of halogens is 2. The maximum Gasteiger partial charge on any atom is 0.124 e. The molecule has 2 fully saturated rings. The Morgan fingerprint density at radius 3 is 2.50 bits per heavy atom. The van der Waals surface area contributed by atoms with Gasteiger partial charge in [0.05, 0.1) is 6.61 Å². The highest BCUT2D eigenvalue weighted by Gasteiger charge is 2.34. The van der Waals surface area contributed by atoms with Gasteiger partial charge in [-0.1, -0.05) is 30.3 Å². The molecule has 0 bridgehead atoms. The smallest absolute Gasteiger partial charge is 0.124 e. The Hall–Kier alpha value is -1.04. The molecule has 4 rings (SSSR count). The number of hydrogen-bond donors (Lipinski definition) is 1. The molecular formula is C22H32Cl2N2O2. The molecule has 2 heterocycles. The third-order valence-electron chi connectivity index (χ3n) is 5.78. The first-order valence-corrected chi connectivity index (χ1v) is 10.1. The van der Waals surface area contributed by atoms with E-state index in [2.05, 4.69) is 53.5 Å². The predicted octanol–water partition coefficient (Wildman–Crippen LogP) is 4.46. The van der Waals surface area contributed by atoms with E-state index in [1.54, 1.807) is 0 Å². The van der Waals surface area contributed by atoms with E-state index in [4.69, 9.17) is 9.47 Å². The molecule has 0 amide bonds. The molecule has 6 heteroatoms. The number of ether oxygens (including phenoxy) is 2. The van der Waals surface area contributed by atoms with Gasteiger partial charge in [0, 0.05) is 51.0 Å². The van der Waals surface area contributed by atoms with Gasteiger partial charge in [0.15, 0.2) is 0 Å². The van der Waals surface area contributed by atoms with Gasteiger partial charge in [-0.15, -0.1) is 24.8 Å². The van der Waals surface area contributed by atoms with Gasteiger partial charge in [-0.2, -0.15) is 0 Å². The molecule has 1 atom stereocenters. The van der Waals surface area contributed by atoms with Crippen LogP contribution in [0.4, 0.5) is 0 Å². The van der Waals surface area contributed by atoms with Crippen LogP contribution in [-0.4, -0.2) is 50.9 Å². The van der Waals surface area contributed by atoms with Gasteiger partial charge in [-0.3, -0.25) is 4.90 Å². The second-order valence-corrected chi connectivity index (χ2v) is 7.31. The molecule has 0 saturated carbocycles. The van der Waals surface area contributed by atoms with Crippen LogP contribution < -0.4 is 10.1 Å². The summed E-state index contributed by atoms with van der Waals surface area (Å²) < 4.78 is 11.8. The molecule has 2 aromatic rings. The van der Waals surface area contributed by atoms with Crippen LogP contribution in [0.1, 0.15) is 31.4 Å². The number of hydrogen-bond acceptors (Lipinski definition) is 4. The average molecular weight is 427 g/mol. The van der Waals surface area contributed by atoms with Crippen LogP contribution in [0, 0.1) is 5.92 Å². The van der Waals surface area contributed by atoms with Crippen LogP contribution in [0.15, 0.2) is 36.4 Å². The molecule has 2 aliphatic heterocycles. The zero-order chi connectivity index (χ0) is 17.8. The third-order valence-corrected chi connectivity index (χ3v) is 5.78. The van der Waals surface area contributed by atoms with Crippen molar-refractivity contribution >= 4 is 35.6 Å². The number of benzene rings is 2. The minimum Gasteiger partial charge on any atom is -0.494 e. The van der Waals surface area contributed by atoms with E-state index in [-0.39, 0.29) is 24.8 Å². The normalized spacial score (nSPS) is 19.5. The molecule has 0 radical (unpaired) electrons. The fraction of sp³-hybridized carbons (Fsp3) is 0.545. The van der Waals surface area contributed by atoms with Gasteiger partial charge in [0.25, 0.3) is 0 Å². The van der Waals surface area contributed by atoms with E-state index in [0.29, 0.717) is 18.6 Å². The number of fused-ring (bicyclic) bond motifs is 1. The highest BCUT2D eigenvalue weighted by atomic mass is 35.5. The minimum atomic E-state index is 0. The molecule has 4 nitrogen and oxygen atoms in total. The lowest BCUT2D eigenvalue weighted by Gasteiger charge is -2.42. The van der Waals surface area contributed by atoms with Gasteiger partial charge in [0.1, 0.15) is 5.75 Å². The zero-order valence-corrected chi connectivity index (χ0v) is 18.2. The van der Waals surface area contributed by atoms with E-state index in [1.807, 2.05) is 0 Å². The highest BCUT2D eigenvalue weighted by molar-refractivity contribution is 5.88. The largest absolute Gasteiger partial charge is 0.494 e. The monoisotopic (exact) mass is 426 g/mol. The van der Waals surface area contributed by atoms with Gasteiger partial charge in [-0.05, 0) is 42.5 Å². The van der Waals surface area contributed by atoms with Crippen molar-refractivity contribution in [3.63, 3.8) is 0 Å². The predicted molar refractivity (Wildman–Crippen MR) is 120 cm³/mol. The maximum absolute atomic E-state index is 6.13. The molecule has 2 saturated heterocycles. The first-order chi connectivity index (χ1) is 12.9. The van der Waals surface area contributed by atoms with Crippen LogP contribution in [0.25, 0.3) is 10.8 Å². The lowest BCUT2D eigenvalue weighted by molar-refractivity contribution is 0.0209. The van der Waals surface area contributed by atoms with Crippen molar-refractivity contribution in [1.82, 2.24) is 10.2 Å². The summed E-state index contributed by atoms with van der Waals surface area (Å²) in [7, 11) is 0. The Balaban J connectivity index is 0.00000140. The molecule has 0 aliphatic carbocycles. The summed E-state index contributed by atoms with van der Waals surface area (Å²) in [6.45, 7) is 8.85. The van der Waals surface area contributed by atoms with Gasteiger partial charge in [0.2, 0.25) is 0 Å². The van der Waals surface area contributed by atoms with Crippen molar-refractivity contribution < 1.29 is 9.47 Å². The fourth-order valence-electron chi connectivity index (χ4n) is 4.57. The van der Waals surface area contributed by atoms with Crippen molar-refractivity contribution in [2.24, 2.45) is 5.92 Å². The summed E-state index contributed by atoms with van der Waals surface area (Å²) in [5.41, 5.74) is 1.39. The topological polar surface area (TPSA) is 33.7 Å². The molecule has 0 spiro atoms. The quantitative estimate of drug-likeness (QED) is 0.764. The Bertz CT molecular complexity index is 714. The maximum atomic E-state index is 6.13. The lowest BCUT2D eigenvalue weighted by atomic mass is 9.83. The summed E-state index contributed by atoms with van der Waals surface area (Å²) >= 11 is 0. The fourth-order valence-corrected chi connectivity index (χ4v) is 4.57. The summed E-state index contributed by atoms with van der Waals surface area (Å²) in [6, 6.07) is 13.5. The molecule has 1 N–H and O–H groups in total. The molecule has 2 aromatic carbocycles. The number of rotatable bonds is 5. The minimum absolute atomic E-state index is 0. The number of piperazine rings is 1. The van der Waals surface area contributed by atoms with Crippen molar-refractivity contribution in [2.75, 3.05) is 46.0 Å². The molecule has 0 unspecified atom stereocenters. The zero-order valence-electron chi connectivity index (χ0n) is 16.6. The molecule has 2 aliphatic rings. The average Bonchev–Trinajstić information content (AvgIpc) is 2.71. The van der Waals surface area contributed by atoms with Crippen LogP contribution in [-0.2, 0) is 4.74 Å². The Kier molecular flexibility index (Phi) is 9.32. The van der Waals surface area contributed by atoms with Crippen molar-refractivity contribution in [2.45, 2.75) is 25.8 Å². The molecular weight excluding hydrogens is 395 g/mol. The van der Waals surface area contributed by atoms with E-state index >= 15 is 0 Å². The molecule has 156 valence electrons. The second kappa shape index (κ2) is 11.2. The molecule has 0 aromatic heterocycles. The van der Waals surface area contributed by atoms with Crippen molar-refractivity contribution in [1.29, 1.82) is 0 Å². The first kappa shape index (κ1) is 23.2. The van der Waals surface area contributed by atoms with E-state index < -0.39 is 0 Å². The van der Waals surface area contributed by atoms with Crippen LogP contribution in [0.2, 0.25) is 0 Å². The third kappa shape index (κ3) is 4.92. The van der Waals surface area contributed by atoms with E-state index in [9.17, 15) is 0 Å². The summed E-state index contributed by atoms with van der Waals surface area (Å²) in [5, 5.41) is 6.15. The van der Waals surface area contributed by atoms with E-state index in [0.717, 1.165) is 58.0 Å².